The van der Waals surface area contributed by atoms with Crippen molar-refractivity contribution in [2.75, 3.05) is 30.0 Å². The summed E-state index contributed by atoms with van der Waals surface area (Å²) in [6, 6.07) is 13.2. The lowest BCUT2D eigenvalue weighted by Gasteiger charge is -2.29. The van der Waals surface area contributed by atoms with Crippen LogP contribution in [0.25, 0.3) is 0 Å². The lowest BCUT2D eigenvalue weighted by molar-refractivity contribution is 0.0985. The maximum Gasteiger partial charge on any atom is 0.264 e. The molecule has 108 valence electrons. The van der Waals surface area contributed by atoms with Gasteiger partial charge in [0.1, 0.15) is 11.3 Å². The third kappa shape index (κ3) is 2.45. The van der Waals surface area contributed by atoms with Crippen molar-refractivity contribution < 1.29 is 9.53 Å². The molecule has 0 saturated heterocycles. The summed E-state index contributed by atoms with van der Waals surface area (Å²) in [4.78, 5) is 15.8. The molecular weight excluding hydrogens is 284 g/mol. The third-order valence-electron chi connectivity index (χ3n) is 3.47. The summed E-state index contributed by atoms with van der Waals surface area (Å²) in [5.74, 6) is 1.27. The molecule has 1 amide bonds. The Hall–Kier alpha value is -2.14. The topological polar surface area (TPSA) is 55.6 Å². The monoisotopic (exact) mass is 300 g/mol. The van der Waals surface area contributed by atoms with E-state index in [2.05, 4.69) is 0 Å². The lowest BCUT2D eigenvalue weighted by atomic mass is 10.1. The van der Waals surface area contributed by atoms with E-state index in [0.717, 1.165) is 16.3 Å². The molecular formula is C16H16N2O2S. The fraction of sp³-hybridized carbons (Fsp3) is 0.188. The Morgan fingerprint density at radius 2 is 2.05 bits per heavy atom. The Balaban J connectivity index is 2.05. The number of nitrogens with zero attached hydrogens (tertiary/aromatic N) is 1. The van der Waals surface area contributed by atoms with Crippen molar-refractivity contribution in [1.82, 2.24) is 0 Å². The molecule has 1 aliphatic heterocycles. The van der Waals surface area contributed by atoms with Crippen molar-refractivity contribution in [3.05, 3.63) is 48.0 Å². The average molecular weight is 300 g/mol. The molecule has 1 aliphatic rings. The van der Waals surface area contributed by atoms with Gasteiger partial charge >= 0.3 is 0 Å². The first-order valence-corrected chi connectivity index (χ1v) is 7.67. The number of ether oxygens (including phenoxy) is 1. The fourth-order valence-electron chi connectivity index (χ4n) is 2.46. The molecule has 0 fully saturated rings. The van der Waals surface area contributed by atoms with Gasteiger partial charge in [0.2, 0.25) is 0 Å². The Morgan fingerprint density at radius 3 is 2.86 bits per heavy atom. The number of anilines is 2. The minimum absolute atomic E-state index is 0.113. The van der Waals surface area contributed by atoms with E-state index in [4.69, 9.17) is 10.5 Å². The molecule has 0 unspecified atom stereocenters. The second kappa shape index (κ2) is 5.69. The van der Waals surface area contributed by atoms with E-state index in [0.29, 0.717) is 23.5 Å². The van der Waals surface area contributed by atoms with Gasteiger partial charge in [-0.25, -0.2) is 0 Å². The van der Waals surface area contributed by atoms with Crippen LogP contribution < -0.4 is 15.4 Å². The van der Waals surface area contributed by atoms with Crippen molar-refractivity contribution in [3.8, 4) is 5.75 Å². The Bertz CT molecular complexity index is 688. The van der Waals surface area contributed by atoms with E-state index in [1.54, 1.807) is 42.0 Å². The number of carbonyl (C=O) groups is 1. The molecule has 1 heterocycles. The predicted octanol–water partition coefficient (Wildman–Crippen LogP) is 3.03. The number of rotatable bonds is 2. The molecule has 0 spiro atoms. The number of fused-ring (bicyclic) bond motifs is 1. The first-order valence-electron chi connectivity index (χ1n) is 6.68. The Kier molecular flexibility index (Phi) is 3.75. The minimum atomic E-state index is -0.113. The molecule has 2 aromatic carbocycles. The van der Waals surface area contributed by atoms with Crippen LogP contribution in [0, 0.1) is 0 Å². The summed E-state index contributed by atoms with van der Waals surface area (Å²) < 4.78 is 5.29. The molecule has 2 aromatic rings. The Morgan fingerprint density at radius 1 is 1.24 bits per heavy atom. The number of benzene rings is 2. The number of nitrogens with two attached hydrogens (primary N) is 1. The van der Waals surface area contributed by atoms with Gasteiger partial charge in [0.15, 0.2) is 0 Å². The minimum Gasteiger partial charge on any atom is -0.496 e. The molecule has 0 aliphatic carbocycles. The molecule has 2 N–H and O–H groups in total. The first kappa shape index (κ1) is 13.8. The molecule has 0 bridgehead atoms. The quantitative estimate of drug-likeness (QED) is 0.866. The SMILES string of the molecule is COc1cccc(N)c1C(=O)N1CCSc2ccccc21. The van der Waals surface area contributed by atoms with Crippen LogP contribution in [0.1, 0.15) is 10.4 Å². The van der Waals surface area contributed by atoms with Crippen LogP contribution in [0.2, 0.25) is 0 Å². The normalized spacial score (nSPS) is 13.7. The lowest BCUT2D eigenvalue weighted by Crippen LogP contribution is -2.36. The first-order chi connectivity index (χ1) is 10.2. The zero-order chi connectivity index (χ0) is 14.8. The zero-order valence-electron chi connectivity index (χ0n) is 11.7. The number of carbonyl (C=O) groups excluding carboxylic acids is 1. The van der Waals surface area contributed by atoms with Gasteiger partial charge in [-0.15, -0.1) is 11.8 Å². The maximum absolute atomic E-state index is 12.9. The number of para-hydroxylation sites is 1. The van der Waals surface area contributed by atoms with Gasteiger partial charge in [0.25, 0.3) is 5.91 Å². The van der Waals surface area contributed by atoms with Gasteiger partial charge in [0, 0.05) is 22.9 Å². The average Bonchev–Trinajstić information content (AvgIpc) is 2.53. The van der Waals surface area contributed by atoms with Gasteiger partial charge < -0.3 is 15.4 Å². The highest BCUT2D eigenvalue weighted by Crippen LogP contribution is 2.36. The van der Waals surface area contributed by atoms with Gasteiger partial charge in [0.05, 0.1) is 12.8 Å². The van der Waals surface area contributed by atoms with Gasteiger partial charge in [-0.05, 0) is 24.3 Å². The van der Waals surface area contributed by atoms with Crippen molar-refractivity contribution in [3.63, 3.8) is 0 Å². The summed E-state index contributed by atoms with van der Waals surface area (Å²) in [5, 5.41) is 0. The molecule has 0 radical (unpaired) electrons. The van der Waals surface area contributed by atoms with Gasteiger partial charge in [-0.2, -0.15) is 0 Å². The van der Waals surface area contributed by atoms with Crippen LogP contribution in [0.4, 0.5) is 11.4 Å². The van der Waals surface area contributed by atoms with E-state index in [-0.39, 0.29) is 5.91 Å². The fourth-order valence-corrected chi connectivity index (χ4v) is 3.46. The van der Waals surface area contributed by atoms with Crippen molar-refractivity contribution in [2.24, 2.45) is 0 Å². The van der Waals surface area contributed by atoms with Crippen LogP contribution in [0.3, 0.4) is 0 Å². The summed E-state index contributed by atoms with van der Waals surface area (Å²) in [7, 11) is 1.55. The number of thioether (sulfide) groups is 1. The molecule has 4 nitrogen and oxygen atoms in total. The van der Waals surface area contributed by atoms with Crippen LogP contribution >= 0.6 is 11.8 Å². The standard InChI is InChI=1S/C16H16N2O2S/c1-20-13-7-4-5-11(17)15(13)16(19)18-9-10-21-14-8-3-2-6-12(14)18/h2-8H,9-10,17H2,1H3. The maximum atomic E-state index is 12.9. The van der Waals surface area contributed by atoms with E-state index < -0.39 is 0 Å². The molecule has 0 aromatic heterocycles. The smallest absolute Gasteiger partial charge is 0.264 e. The van der Waals surface area contributed by atoms with Crippen LogP contribution in [-0.4, -0.2) is 25.3 Å². The van der Waals surface area contributed by atoms with E-state index in [9.17, 15) is 4.79 Å². The number of hydrogen-bond acceptors (Lipinski definition) is 4. The predicted molar refractivity (Wildman–Crippen MR) is 86.2 cm³/mol. The van der Waals surface area contributed by atoms with Crippen molar-refractivity contribution in [1.29, 1.82) is 0 Å². The number of nitrogen functional groups attached to an aromatic ring is 1. The summed E-state index contributed by atoms with van der Waals surface area (Å²) in [6.07, 6.45) is 0. The summed E-state index contributed by atoms with van der Waals surface area (Å²) in [6.45, 7) is 0.665. The molecule has 5 heteroatoms. The van der Waals surface area contributed by atoms with Crippen LogP contribution in [0.5, 0.6) is 5.75 Å². The molecule has 21 heavy (non-hydrogen) atoms. The molecule has 0 saturated carbocycles. The highest BCUT2D eigenvalue weighted by atomic mass is 32.2. The van der Waals surface area contributed by atoms with Crippen LogP contribution in [0.15, 0.2) is 47.4 Å². The molecule has 0 atom stereocenters. The largest absolute Gasteiger partial charge is 0.496 e. The molecule has 3 rings (SSSR count). The van der Waals surface area contributed by atoms with Gasteiger partial charge in [-0.1, -0.05) is 18.2 Å². The number of amides is 1. The van der Waals surface area contributed by atoms with E-state index in [1.807, 2.05) is 24.3 Å². The van der Waals surface area contributed by atoms with E-state index in [1.165, 1.54) is 0 Å². The highest BCUT2D eigenvalue weighted by molar-refractivity contribution is 7.99. The van der Waals surface area contributed by atoms with E-state index >= 15 is 0 Å². The van der Waals surface area contributed by atoms with Gasteiger partial charge in [-0.3, -0.25) is 4.79 Å². The second-order valence-corrected chi connectivity index (χ2v) is 5.83. The zero-order valence-corrected chi connectivity index (χ0v) is 12.5. The van der Waals surface area contributed by atoms with Crippen LogP contribution in [-0.2, 0) is 0 Å². The summed E-state index contributed by atoms with van der Waals surface area (Å²) in [5.41, 5.74) is 7.80. The third-order valence-corrected chi connectivity index (χ3v) is 4.51. The highest BCUT2D eigenvalue weighted by Gasteiger charge is 2.27. The number of hydrogen-bond donors (Lipinski definition) is 1. The van der Waals surface area contributed by atoms with Crippen molar-refractivity contribution in [2.45, 2.75) is 4.90 Å². The van der Waals surface area contributed by atoms with Crippen molar-refractivity contribution >= 4 is 29.0 Å². The second-order valence-electron chi connectivity index (χ2n) is 4.70. The Labute approximate surface area is 127 Å². The summed E-state index contributed by atoms with van der Waals surface area (Å²) >= 11 is 1.76. The number of methoxy groups -OCH3 is 1.